The van der Waals surface area contributed by atoms with Gasteiger partial charge in [0.25, 0.3) is 5.91 Å². The van der Waals surface area contributed by atoms with Crippen molar-refractivity contribution in [2.24, 2.45) is 0 Å². The second kappa shape index (κ2) is 7.89. The maximum Gasteiger partial charge on any atom is 0.258 e. The van der Waals surface area contributed by atoms with E-state index in [1.54, 1.807) is 0 Å². The van der Waals surface area contributed by atoms with Crippen LogP contribution in [0.4, 0.5) is 0 Å². The molecule has 0 heterocycles. The number of rotatable bonds is 5. The van der Waals surface area contributed by atoms with Gasteiger partial charge in [-0.2, -0.15) is 0 Å². The van der Waals surface area contributed by atoms with E-state index in [0.29, 0.717) is 22.0 Å². The Bertz CT molecular complexity index is 402. The zero-order valence-electron chi connectivity index (χ0n) is 8.75. The molecule has 1 rings (SSSR count). The van der Waals surface area contributed by atoms with Gasteiger partial charge in [0.2, 0.25) is 0 Å². The molecule has 0 aromatic heterocycles. The third-order valence-electron chi connectivity index (χ3n) is 1.95. The van der Waals surface area contributed by atoms with Crippen molar-refractivity contribution in [3.8, 4) is 5.75 Å². The number of ether oxygens (including phenoxy) is 1. The second-order valence-corrected chi connectivity index (χ2v) is 6.12. The molecule has 1 amide bonds. The number of hydrogen-bond donors (Lipinski definition) is 1. The molecule has 1 aromatic carbocycles. The van der Waals surface area contributed by atoms with Crippen molar-refractivity contribution in [1.29, 1.82) is 0 Å². The van der Waals surface area contributed by atoms with Gasteiger partial charge >= 0.3 is 0 Å². The minimum absolute atomic E-state index is 0.203. The molecule has 0 saturated carbocycles. The standard InChI is InChI=1S/C11H10Br3NO2/c12-10(13)9(11(16)15-14)6-7-17-8-4-2-1-3-5-8/h1-5H,6-7H2,(H,15,16). The third kappa shape index (κ3) is 5.23. The highest BCUT2D eigenvalue weighted by molar-refractivity contribution is 9.28. The Morgan fingerprint density at radius 2 is 1.88 bits per heavy atom. The van der Waals surface area contributed by atoms with Crippen LogP contribution < -0.4 is 9.08 Å². The van der Waals surface area contributed by atoms with E-state index < -0.39 is 0 Å². The predicted octanol–water partition coefficient (Wildman–Crippen LogP) is 3.88. The number of carbonyl (C=O) groups is 1. The number of nitrogens with one attached hydrogen (secondary N) is 1. The highest BCUT2D eigenvalue weighted by atomic mass is 79.9. The molecule has 92 valence electrons. The van der Waals surface area contributed by atoms with Crippen molar-refractivity contribution < 1.29 is 9.53 Å². The van der Waals surface area contributed by atoms with Crippen LogP contribution >= 0.6 is 48.0 Å². The van der Waals surface area contributed by atoms with Crippen LogP contribution in [0.25, 0.3) is 0 Å². The molecule has 3 nitrogen and oxygen atoms in total. The summed E-state index contributed by atoms with van der Waals surface area (Å²) < 4.78 is 8.53. The third-order valence-corrected chi connectivity index (χ3v) is 3.27. The largest absolute Gasteiger partial charge is 0.493 e. The average Bonchev–Trinajstić information content (AvgIpc) is 2.34. The quantitative estimate of drug-likeness (QED) is 0.572. The van der Waals surface area contributed by atoms with Crippen LogP contribution in [0.5, 0.6) is 5.75 Å². The predicted molar refractivity (Wildman–Crippen MR) is 78.5 cm³/mol. The van der Waals surface area contributed by atoms with E-state index in [1.807, 2.05) is 30.3 Å². The first-order chi connectivity index (χ1) is 8.15. The van der Waals surface area contributed by atoms with Gasteiger partial charge in [-0.1, -0.05) is 18.2 Å². The van der Waals surface area contributed by atoms with Gasteiger partial charge in [-0.25, -0.2) is 0 Å². The highest BCUT2D eigenvalue weighted by Gasteiger charge is 2.11. The van der Waals surface area contributed by atoms with E-state index in [0.717, 1.165) is 5.75 Å². The molecule has 17 heavy (non-hydrogen) atoms. The van der Waals surface area contributed by atoms with E-state index in [2.05, 4.69) is 52.3 Å². The maximum absolute atomic E-state index is 11.5. The van der Waals surface area contributed by atoms with E-state index in [9.17, 15) is 4.79 Å². The molecular weight excluding hydrogens is 418 g/mol. The van der Waals surface area contributed by atoms with Gasteiger partial charge in [0.15, 0.2) is 0 Å². The summed E-state index contributed by atoms with van der Waals surface area (Å²) >= 11 is 9.36. The van der Waals surface area contributed by atoms with E-state index >= 15 is 0 Å². The first-order valence-electron chi connectivity index (χ1n) is 4.78. The Morgan fingerprint density at radius 1 is 1.24 bits per heavy atom. The van der Waals surface area contributed by atoms with Gasteiger partial charge in [-0.15, -0.1) is 0 Å². The fraction of sp³-hybridized carbons (Fsp3) is 0.182. The molecular formula is C11H10Br3NO2. The van der Waals surface area contributed by atoms with E-state index in [-0.39, 0.29) is 5.91 Å². The average molecular weight is 428 g/mol. The number of carbonyl (C=O) groups excluding carboxylic acids is 1. The molecule has 0 spiro atoms. The summed E-state index contributed by atoms with van der Waals surface area (Å²) in [5, 5.41) is 0. The molecule has 6 heteroatoms. The molecule has 0 fully saturated rings. The first-order valence-corrected chi connectivity index (χ1v) is 7.16. The minimum Gasteiger partial charge on any atom is -0.493 e. The van der Waals surface area contributed by atoms with Crippen molar-refractivity contribution in [3.63, 3.8) is 0 Å². The van der Waals surface area contributed by atoms with Crippen molar-refractivity contribution in [1.82, 2.24) is 4.34 Å². The molecule has 0 aliphatic carbocycles. The second-order valence-electron chi connectivity index (χ2n) is 3.07. The Hall–Kier alpha value is -0.330. The van der Waals surface area contributed by atoms with Crippen molar-refractivity contribution in [2.75, 3.05) is 6.61 Å². The number of hydrogen-bond acceptors (Lipinski definition) is 2. The van der Waals surface area contributed by atoms with Crippen molar-refractivity contribution in [2.45, 2.75) is 6.42 Å². The van der Waals surface area contributed by atoms with Crippen LogP contribution in [0.15, 0.2) is 39.3 Å². The lowest BCUT2D eigenvalue weighted by Gasteiger charge is -2.08. The molecule has 0 atom stereocenters. The van der Waals surface area contributed by atoms with Crippen LogP contribution in [-0.2, 0) is 4.79 Å². The Balaban J connectivity index is 2.50. The summed E-state index contributed by atoms with van der Waals surface area (Å²) in [5.74, 6) is 0.585. The number of halogens is 3. The zero-order valence-corrected chi connectivity index (χ0v) is 13.5. The fourth-order valence-electron chi connectivity index (χ4n) is 1.14. The van der Waals surface area contributed by atoms with Crippen LogP contribution in [0.1, 0.15) is 6.42 Å². The summed E-state index contributed by atoms with van der Waals surface area (Å²) in [6, 6.07) is 9.47. The monoisotopic (exact) mass is 425 g/mol. The van der Waals surface area contributed by atoms with Gasteiger partial charge in [0.1, 0.15) is 5.75 Å². The number of para-hydroxylation sites is 1. The zero-order chi connectivity index (χ0) is 12.7. The van der Waals surface area contributed by atoms with Gasteiger partial charge in [0, 0.05) is 28.1 Å². The molecule has 0 unspecified atom stereocenters. The van der Waals surface area contributed by atoms with E-state index in [1.165, 1.54) is 0 Å². The minimum atomic E-state index is -0.203. The van der Waals surface area contributed by atoms with Gasteiger partial charge in [-0.05, 0) is 44.0 Å². The fourth-order valence-corrected chi connectivity index (χ4v) is 2.13. The highest BCUT2D eigenvalue weighted by Crippen LogP contribution is 2.22. The van der Waals surface area contributed by atoms with Crippen molar-refractivity contribution in [3.05, 3.63) is 39.3 Å². The SMILES string of the molecule is O=C(NBr)C(CCOc1ccccc1)=C(Br)Br. The Labute approximate surface area is 125 Å². The Kier molecular flexibility index (Phi) is 6.84. The van der Waals surface area contributed by atoms with Gasteiger partial charge in [0.05, 0.1) is 10.00 Å². The van der Waals surface area contributed by atoms with Gasteiger partial charge in [-0.3, -0.25) is 9.14 Å². The molecule has 0 bridgehead atoms. The molecule has 0 radical (unpaired) electrons. The Morgan fingerprint density at radius 3 is 2.41 bits per heavy atom. The lowest BCUT2D eigenvalue weighted by molar-refractivity contribution is -0.115. The topological polar surface area (TPSA) is 38.3 Å². The van der Waals surface area contributed by atoms with Crippen molar-refractivity contribution >= 4 is 53.9 Å². The normalized spacial score (nSPS) is 9.59. The van der Waals surface area contributed by atoms with Gasteiger partial charge < -0.3 is 4.74 Å². The summed E-state index contributed by atoms with van der Waals surface area (Å²) in [4.78, 5) is 11.5. The molecule has 1 aromatic rings. The molecule has 1 N–H and O–H groups in total. The van der Waals surface area contributed by atoms with Crippen LogP contribution in [0, 0.1) is 0 Å². The number of benzene rings is 1. The lowest BCUT2D eigenvalue weighted by atomic mass is 10.2. The first kappa shape index (κ1) is 14.7. The number of amides is 1. The lowest BCUT2D eigenvalue weighted by Crippen LogP contribution is -2.17. The van der Waals surface area contributed by atoms with Crippen LogP contribution in [-0.4, -0.2) is 12.5 Å². The van der Waals surface area contributed by atoms with Crippen LogP contribution in [0.2, 0.25) is 0 Å². The summed E-state index contributed by atoms with van der Waals surface area (Å²) in [7, 11) is 0. The smallest absolute Gasteiger partial charge is 0.258 e. The van der Waals surface area contributed by atoms with E-state index in [4.69, 9.17) is 4.74 Å². The molecule has 0 saturated heterocycles. The molecule has 0 aliphatic heterocycles. The summed E-state index contributed by atoms with van der Waals surface area (Å²) in [6.45, 7) is 0.431. The maximum atomic E-state index is 11.5. The summed E-state index contributed by atoms with van der Waals surface area (Å²) in [5.41, 5.74) is 0.581. The summed E-state index contributed by atoms with van der Waals surface area (Å²) in [6.07, 6.45) is 0.498. The molecule has 0 aliphatic rings. The van der Waals surface area contributed by atoms with Crippen LogP contribution in [0.3, 0.4) is 0 Å².